The third-order valence-corrected chi connectivity index (χ3v) is 4.87. The first-order chi connectivity index (χ1) is 7.05. The highest BCUT2D eigenvalue weighted by Gasteiger charge is 2.53. The quantitative estimate of drug-likeness (QED) is 0.739. The van der Waals surface area contributed by atoms with Crippen LogP contribution in [-0.2, 0) is 9.30 Å². The molecule has 6 heteroatoms. The minimum absolute atomic E-state index is 0.0848. The number of ether oxygens (including phenoxy) is 1. The number of hydrogen-bond acceptors (Lipinski definition) is 2. The number of rotatable bonds is 6. The maximum absolute atomic E-state index is 11.7. The summed E-state index contributed by atoms with van der Waals surface area (Å²) >= 11 is 3.12. The lowest BCUT2D eigenvalue weighted by Crippen LogP contribution is -2.43. The van der Waals surface area contributed by atoms with Crippen LogP contribution in [0.3, 0.4) is 0 Å². The van der Waals surface area contributed by atoms with Gasteiger partial charge in [0.05, 0.1) is 6.61 Å². The van der Waals surface area contributed by atoms with Gasteiger partial charge >= 0.3 is 7.60 Å². The van der Waals surface area contributed by atoms with Gasteiger partial charge in [0.1, 0.15) is 0 Å². The summed E-state index contributed by atoms with van der Waals surface area (Å²) in [6.45, 7) is 10.7. The number of hydrogen-bond donors (Lipinski definition) is 2. The van der Waals surface area contributed by atoms with Crippen LogP contribution < -0.4 is 0 Å². The van der Waals surface area contributed by atoms with E-state index in [1.54, 1.807) is 27.7 Å². The summed E-state index contributed by atoms with van der Waals surface area (Å²) in [7, 11) is -4.36. The first kappa shape index (κ1) is 16.3. The van der Waals surface area contributed by atoms with E-state index in [2.05, 4.69) is 22.5 Å². The molecular formula is C10H20BrO4P. The second-order valence-electron chi connectivity index (χ2n) is 4.41. The van der Waals surface area contributed by atoms with Crippen LogP contribution in [0, 0.1) is 11.8 Å². The van der Waals surface area contributed by atoms with Crippen molar-refractivity contribution in [3.8, 4) is 0 Å². The summed E-state index contributed by atoms with van der Waals surface area (Å²) in [5, 5.41) is -1.45. The summed E-state index contributed by atoms with van der Waals surface area (Å²) in [5.41, 5.74) is 0. The fourth-order valence-corrected chi connectivity index (χ4v) is 3.64. The normalized spacial score (nSPS) is 13.6. The predicted octanol–water partition coefficient (Wildman–Crippen LogP) is 3.10. The van der Waals surface area contributed by atoms with E-state index in [1.165, 1.54) is 0 Å². The molecule has 0 aromatic rings. The predicted molar refractivity (Wildman–Crippen MR) is 68.5 cm³/mol. The molecule has 96 valence electrons. The lowest BCUT2D eigenvalue weighted by Gasteiger charge is -2.41. The van der Waals surface area contributed by atoms with Gasteiger partial charge in [-0.05, 0) is 11.8 Å². The van der Waals surface area contributed by atoms with Crippen molar-refractivity contribution in [2.24, 2.45) is 11.8 Å². The van der Waals surface area contributed by atoms with Crippen LogP contribution in [0.25, 0.3) is 0 Å². The van der Waals surface area contributed by atoms with E-state index in [0.29, 0.717) is 4.48 Å². The van der Waals surface area contributed by atoms with Gasteiger partial charge in [-0.1, -0.05) is 50.2 Å². The topological polar surface area (TPSA) is 66.8 Å². The molecule has 0 spiro atoms. The van der Waals surface area contributed by atoms with Crippen LogP contribution in [0.15, 0.2) is 11.1 Å². The zero-order valence-corrected chi connectivity index (χ0v) is 12.6. The number of halogens is 1. The van der Waals surface area contributed by atoms with Gasteiger partial charge in [-0.15, -0.1) is 0 Å². The van der Waals surface area contributed by atoms with Gasteiger partial charge < -0.3 is 14.5 Å². The minimum Gasteiger partial charge on any atom is -0.357 e. The third-order valence-electron chi connectivity index (χ3n) is 2.57. The molecule has 0 aromatic heterocycles. The lowest BCUT2D eigenvalue weighted by atomic mass is 9.95. The summed E-state index contributed by atoms with van der Waals surface area (Å²) in [4.78, 5) is 19.0. The van der Waals surface area contributed by atoms with Crippen LogP contribution in [-0.4, -0.2) is 21.7 Å². The molecule has 0 unspecified atom stereocenters. The Morgan fingerprint density at radius 3 is 1.94 bits per heavy atom. The maximum Gasteiger partial charge on any atom is 0.357 e. The first-order valence-electron chi connectivity index (χ1n) is 5.08. The van der Waals surface area contributed by atoms with E-state index in [-0.39, 0.29) is 18.4 Å². The Hall–Kier alpha value is 0.330. The Balaban J connectivity index is 5.29. The SMILES string of the molecule is C=C(Br)COC(C(C)C)(C(C)C)P(=O)(O)O. The summed E-state index contributed by atoms with van der Waals surface area (Å²) in [6, 6.07) is 0. The average molecular weight is 315 g/mol. The Labute approximate surface area is 105 Å². The molecule has 0 amide bonds. The van der Waals surface area contributed by atoms with Crippen molar-refractivity contribution in [3.63, 3.8) is 0 Å². The van der Waals surface area contributed by atoms with Crippen molar-refractivity contribution in [3.05, 3.63) is 11.1 Å². The van der Waals surface area contributed by atoms with E-state index < -0.39 is 12.9 Å². The van der Waals surface area contributed by atoms with Crippen molar-refractivity contribution in [1.82, 2.24) is 0 Å². The van der Waals surface area contributed by atoms with Crippen molar-refractivity contribution in [2.75, 3.05) is 6.61 Å². The Bertz CT molecular complexity index is 287. The molecule has 4 nitrogen and oxygen atoms in total. The maximum atomic E-state index is 11.7. The molecule has 0 rings (SSSR count). The third kappa shape index (κ3) is 3.41. The van der Waals surface area contributed by atoms with Crippen molar-refractivity contribution >= 4 is 23.5 Å². The fourth-order valence-electron chi connectivity index (χ4n) is 1.95. The highest BCUT2D eigenvalue weighted by Crippen LogP contribution is 2.59. The molecular weight excluding hydrogens is 295 g/mol. The molecule has 16 heavy (non-hydrogen) atoms. The summed E-state index contributed by atoms with van der Waals surface area (Å²) in [6.07, 6.45) is 0. The first-order valence-corrected chi connectivity index (χ1v) is 7.49. The molecule has 0 radical (unpaired) electrons. The van der Waals surface area contributed by atoms with E-state index in [0.717, 1.165) is 0 Å². The van der Waals surface area contributed by atoms with Crippen LogP contribution in [0.1, 0.15) is 27.7 Å². The Kier molecular flexibility index (Phi) is 5.90. The van der Waals surface area contributed by atoms with Crippen LogP contribution in [0.5, 0.6) is 0 Å². The van der Waals surface area contributed by atoms with Crippen LogP contribution >= 0.6 is 23.5 Å². The fraction of sp³-hybridized carbons (Fsp3) is 0.800. The zero-order valence-electron chi connectivity index (χ0n) is 10.1. The van der Waals surface area contributed by atoms with Crippen molar-refractivity contribution in [2.45, 2.75) is 33.0 Å². The van der Waals surface area contributed by atoms with E-state index >= 15 is 0 Å². The van der Waals surface area contributed by atoms with Crippen molar-refractivity contribution in [1.29, 1.82) is 0 Å². The van der Waals surface area contributed by atoms with Gasteiger partial charge in [-0.25, -0.2) is 0 Å². The molecule has 0 bridgehead atoms. The molecule has 0 saturated carbocycles. The molecule has 2 N–H and O–H groups in total. The van der Waals surface area contributed by atoms with E-state index in [4.69, 9.17) is 4.74 Å². The largest absolute Gasteiger partial charge is 0.357 e. The molecule has 0 atom stereocenters. The van der Waals surface area contributed by atoms with Crippen LogP contribution in [0.2, 0.25) is 0 Å². The van der Waals surface area contributed by atoms with E-state index in [9.17, 15) is 14.4 Å². The molecule has 0 aliphatic rings. The molecule has 0 aliphatic heterocycles. The molecule has 0 aromatic carbocycles. The van der Waals surface area contributed by atoms with E-state index in [1.807, 2.05) is 0 Å². The average Bonchev–Trinajstić information content (AvgIpc) is 1.99. The van der Waals surface area contributed by atoms with Gasteiger partial charge in [0.25, 0.3) is 0 Å². The molecule has 0 aliphatic carbocycles. The summed E-state index contributed by atoms with van der Waals surface area (Å²) < 4.78 is 17.7. The second-order valence-corrected chi connectivity index (χ2v) is 7.32. The molecule has 0 heterocycles. The monoisotopic (exact) mass is 314 g/mol. The van der Waals surface area contributed by atoms with Gasteiger partial charge in [0, 0.05) is 4.48 Å². The van der Waals surface area contributed by atoms with Gasteiger partial charge in [-0.2, -0.15) is 0 Å². The van der Waals surface area contributed by atoms with Crippen LogP contribution in [0.4, 0.5) is 0 Å². The highest BCUT2D eigenvalue weighted by molar-refractivity contribution is 9.11. The second kappa shape index (κ2) is 5.78. The summed E-state index contributed by atoms with van der Waals surface area (Å²) in [5.74, 6) is -0.583. The van der Waals surface area contributed by atoms with Crippen molar-refractivity contribution < 1.29 is 19.1 Å². The highest BCUT2D eigenvalue weighted by atomic mass is 79.9. The lowest BCUT2D eigenvalue weighted by molar-refractivity contribution is -0.0503. The van der Waals surface area contributed by atoms with Gasteiger partial charge in [0.2, 0.25) is 0 Å². The van der Waals surface area contributed by atoms with Gasteiger partial charge in [0.15, 0.2) is 5.34 Å². The smallest absolute Gasteiger partial charge is 0.357 e. The zero-order chi connectivity index (χ0) is 13.1. The molecule has 0 fully saturated rings. The minimum atomic E-state index is -4.36. The standard InChI is InChI=1S/C10H20BrO4P/c1-7(2)10(8(3)4,16(12,13)14)15-6-9(5)11/h7-8H,5-6H2,1-4H3,(H2,12,13,14). The Morgan fingerprint density at radius 2 is 1.75 bits per heavy atom. The van der Waals surface area contributed by atoms with Gasteiger partial charge in [-0.3, -0.25) is 4.57 Å². The molecule has 0 saturated heterocycles. The Morgan fingerprint density at radius 1 is 1.38 bits per heavy atom.